The minimum Gasteiger partial charge on any atom is -0.380 e. The van der Waals surface area contributed by atoms with Gasteiger partial charge in [-0.1, -0.05) is 12.1 Å². The Labute approximate surface area is 84.1 Å². The van der Waals surface area contributed by atoms with Crippen LogP contribution in [0.4, 0.5) is 4.39 Å². The molecule has 0 saturated carbocycles. The Morgan fingerprint density at radius 2 is 2.29 bits per heavy atom. The van der Waals surface area contributed by atoms with Crippen LogP contribution in [0.5, 0.6) is 0 Å². The maximum Gasteiger partial charge on any atom is 0.123 e. The molecule has 0 aliphatic heterocycles. The van der Waals surface area contributed by atoms with Crippen LogP contribution < -0.4 is 5.32 Å². The summed E-state index contributed by atoms with van der Waals surface area (Å²) in [5.74, 6) is -0.186. The second-order valence-electron chi connectivity index (χ2n) is 3.00. The maximum absolute atomic E-state index is 12.7. The molecule has 78 valence electrons. The molecule has 0 bridgehead atoms. The highest BCUT2D eigenvalue weighted by Gasteiger charge is 1.94. The molecule has 1 rings (SSSR count). The third-order valence-corrected chi connectivity index (χ3v) is 1.85. The normalized spacial score (nSPS) is 10.4. The van der Waals surface area contributed by atoms with Crippen LogP contribution in [0.1, 0.15) is 12.5 Å². The van der Waals surface area contributed by atoms with Gasteiger partial charge in [0.15, 0.2) is 0 Å². The van der Waals surface area contributed by atoms with Gasteiger partial charge in [-0.2, -0.15) is 0 Å². The van der Waals surface area contributed by atoms with Crippen molar-refractivity contribution in [3.8, 4) is 0 Å². The summed E-state index contributed by atoms with van der Waals surface area (Å²) in [5.41, 5.74) is 0.960. The second-order valence-corrected chi connectivity index (χ2v) is 3.00. The third-order valence-electron chi connectivity index (χ3n) is 1.85. The first kappa shape index (κ1) is 11.1. The lowest BCUT2D eigenvalue weighted by atomic mass is 10.2. The van der Waals surface area contributed by atoms with Gasteiger partial charge in [-0.3, -0.25) is 0 Å². The largest absolute Gasteiger partial charge is 0.380 e. The van der Waals surface area contributed by atoms with Gasteiger partial charge in [-0.05, 0) is 24.6 Å². The fourth-order valence-corrected chi connectivity index (χ4v) is 1.17. The van der Waals surface area contributed by atoms with Gasteiger partial charge in [-0.25, -0.2) is 4.39 Å². The van der Waals surface area contributed by atoms with Gasteiger partial charge in [0, 0.05) is 19.7 Å². The van der Waals surface area contributed by atoms with E-state index in [9.17, 15) is 4.39 Å². The van der Waals surface area contributed by atoms with Crippen molar-refractivity contribution in [2.45, 2.75) is 13.5 Å². The number of benzene rings is 1. The molecule has 0 heterocycles. The molecule has 1 N–H and O–H groups in total. The molecule has 0 aliphatic carbocycles. The summed E-state index contributed by atoms with van der Waals surface area (Å²) in [6, 6.07) is 6.60. The highest BCUT2D eigenvalue weighted by Crippen LogP contribution is 2.02. The standard InChI is InChI=1S/C11H16FNO/c1-2-14-7-6-13-9-10-4-3-5-11(12)8-10/h3-5,8,13H,2,6-7,9H2,1H3. The summed E-state index contributed by atoms with van der Waals surface area (Å²) >= 11 is 0. The fraction of sp³-hybridized carbons (Fsp3) is 0.455. The minimum atomic E-state index is -0.186. The van der Waals surface area contributed by atoms with Crippen LogP contribution in [0.15, 0.2) is 24.3 Å². The summed E-state index contributed by atoms with van der Waals surface area (Å²) in [6.45, 7) is 4.88. The molecule has 0 aromatic heterocycles. The molecule has 0 fully saturated rings. The van der Waals surface area contributed by atoms with E-state index in [1.807, 2.05) is 13.0 Å². The van der Waals surface area contributed by atoms with Crippen molar-refractivity contribution < 1.29 is 9.13 Å². The van der Waals surface area contributed by atoms with Crippen molar-refractivity contribution in [3.63, 3.8) is 0 Å². The second kappa shape index (κ2) is 6.51. The van der Waals surface area contributed by atoms with Gasteiger partial charge in [0.05, 0.1) is 6.61 Å². The van der Waals surface area contributed by atoms with Crippen LogP contribution in [0, 0.1) is 5.82 Å². The molecule has 1 aromatic rings. The van der Waals surface area contributed by atoms with Crippen molar-refractivity contribution in [3.05, 3.63) is 35.6 Å². The summed E-state index contributed by atoms with van der Waals surface area (Å²) in [5, 5.41) is 3.17. The first-order chi connectivity index (χ1) is 6.83. The molecular weight excluding hydrogens is 181 g/mol. The van der Waals surface area contributed by atoms with Crippen LogP contribution in [0.3, 0.4) is 0 Å². The Balaban J connectivity index is 2.18. The molecule has 0 amide bonds. The Hall–Kier alpha value is -0.930. The van der Waals surface area contributed by atoms with Crippen LogP contribution in [0.2, 0.25) is 0 Å². The molecule has 0 saturated heterocycles. The molecule has 0 atom stereocenters. The smallest absolute Gasteiger partial charge is 0.123 e. The molecule has 0 spiro atoms. The van der Waals surface area contributed by atoms with E-state index in [2.05, 4.69) is 5.32 Å². The Bertz CT molecular complexity index is 265. The lowest BCUT2D eigenvalue weighted by Crippen LogP contribution is -2.19. The van der Waals surface area contributed by atoms with Gasteiger partial charge >= 0.3 is 0 Å². The zero-order chi connectivity index (χ0) is 10.2. The van der Waals surface area contributed by atoms with Gasteiger partial charge in [0.1, 0.15) is 5.82 Å². The number of nitrogens with one attached hydrogen (secondary N) is 1. The van der Waals surface area contributed by atoms with E-state index >= 15 is 0 Å². The van der Waals surface area contributed by atoms with E-state index in [4.69, 9.17) is 4.74 Å². The van der Waals surface area contributed by atoms with E-state index in [1.54, 1.807) is 6.07 Å². The Morgan fingerprint density at radius 3 is 3.00 bits per heavy atom. The molecule has 0 radical (unpaired) electrons. The topological polar surface area (TPSA) is 21.3 Å². The number of hydrogen-bond acceptors (Lipinski definition) is 2. The predicted molar refractivity (Wildman–Crippen MR) is 54.6 cm³/mol. The Morgan fingerprint density at radius 1 is 1.43 bits per heavy atom. The average Bonchev–Trinajstić information content (AvgIpc) is 2.18. The fourth-order valence-electron chi connectivity index (χ4n) is 1.17. The van der Waals surface area contributed by atoms with Crippen LogP contribution in [-0.4, -0.2) is 19.8 Å². The molecular formula is C11H16FNO. The van der Waals surface area contributed by atoms with Crippen LogP contribution in [0.25, 0.3) is 0 Å². The highest BCUT2D eigenvalue weighted by molar-refractivity contribution is 5.15. The average molecular weight is 197 g/mol. The summed E-state index contributed by atoms with van der Waals surface area (Å²) in [7, 11) is 0. The van der Waals surface area contributed by atoms with E-state index in [1.165, 1.54) is 12.1 Å². The van der Waals surface area contributed by atoms with Gasteiger partial charge in [0.2, 0.25) is 0 Å². The molecule has 0 unspecified atom stereocenters. The zero-order valence-corrected chi connectivity index (χ0v) is 8.42. The first-order valence-corrected chi connectivity index (χ1v) is 4.86. The highest BCUT2D eigenvalue weighted by atomic mass is 19.1. The lowest BCUT2D eigenvalue weighted by molar-refractivity contribution is 0.149. The van der Waals surface area contributed by atoms with E-state index < -0.39 is 0 Å². The van der Waals surface area contributed by atoms with Crippen molar-refractivity contribution in [2.75, 3.05) is 19.8 Å². The van der Waals surface area contributed by atoms with Crippen LogP contribution in [-0.2, 0) is 11.3 Å². The summed E-state index contributed by atoms with van der Waals surface area (Å²) in [4.78, 5) is 0. The summed E-state index contributed by atoms with van der Waals surface area (Å²) < 4.78 is 17.9. The number of hydrogen-bond donors (Lipinski definition) is 1. The van der Waals surface area contributed by atoms with Crippen molar-refractivity contribution in [1.82, 2.24) is 5.32 Å². The maximum atomic E-state index is 12.7. The number of halogens is 1. The predicted octanol–water partition coefficient (Wildman–Crippen LogP) is 1.95. The first-order valence-electron chi connectivity index (χ1n) is 4.86. The molecule has 14 heavy (non-hydrogen) atoms. The van der Waals surface area contributed by atoms with E-state index in [-0.39, 0.29) is 5.82 Å². The van der Waals surface area contributed by atoms with Gasteiger partial charge in [0.25, 0.3) is 0 Å². The van der Waals surface area contributed by atoms with E-state index in [0.717, 1.165) is 18.7 Å². The monoisotopic (exact) mass is 197 g/mol. The quantitative estimate of drug-likeness (QED) is 0.704. The van der Waals surface area contributed by atoms with Crippen molar-refractivity contribution in [1.29, 1.82) is 0 Å². The zero-order valence-electron chi connectivity index (χ0n) is 8.42. The van der Waals surface area contributed by atoms with Gasteiger partial charge < -0.3 is 10.1 Å². The summed E-state index contributed by atoms with van der Waals surface area (Å²) in [6.07, 6.45) is 0. The molecule has 2 nitrogen and oxygen atoms in total. The number of ether oxygens (including phenoxy) is 1. The SMILES string of the molecule is CCOCCNCc1cccc(F)c1. The van der Waals surface area contributed by atoms with Crippen molar-refractivity contribution in [2.24, 2.45) is 0 Å². The third kappa shape index (κ3) is 4.35. The lowest BCUT2D eigenvalue weighted by Gasteiger charge is -2.04. The minimum absolute atomic E-state index is 0.186. The molecule has 3 heteroatoms. The van der Waals surface area contributed by atoms with Crippen LogP contribution >= 0.6 is 0 Å². The van der Waals surface area contributed by atoms with Gasteiger partial charge in [-0.15, -0.1) is 0 Å². The molecule has 0 aliphatic rings. The number of rotatable bonds is 6. The Kier molecular flexibility index (Phi) is 5.19. The van der Waals surface area contributed by atoms with Crippen molar-refractivity contribution >= 4 is 0 Å². The van der Waals surface area contributed by atoms with E-state index in [0.29, 0.717) is 13.2 Å². The molecule has 1 aromatic carbocycles.